The predicted molar refractivity (Wildman–Crippen MR) is 84.1 cm³/mol. The van der Waals surface area contributed by atoms with Crippen LogP contribution in [0.15, 0.2) is 60.2 Å². The summed E-state index contributed by atoms with van der Waals surface area (Å²) in [6.07, 6.45) is -1.28. The Kier molecular flexibility index (Phi) is 5.31. The zero-order valence-electron chi connectivity index (χ0n) is 12.5. The van der Waals surface area contributed by atoms with Gasteiger partial charge >= 0.3 is 0 Å². The van der Waals surface area contributed by atoms with E-state index in [1.807, 2.05) is 54.6 Å². The fraction of sp³-hybridized carbons (Fsp3) is 0.167. The van der Waals surface area contributed by atoms with Gasteiger partial charge in [-0.25, -0.2) is 0 Å². The molecule has 0 aliphatic carbocycles. The van der Waals surface area contributed by atoms with E-state index in [2.05, 4.69) is 6.07 Å². The number of nitriles is 1. The van der Waals surface area contributed by atoms with Gasteiger partial charge in [-0.3, -0.25) is 0 Å². The molecule has 0 aliphatic heterocycles. The van der Waals surface area contributed by atoms with Gasteiger partial charge in [0.2, 0.25) is 0 Å². The maximum atomic E-state index is 9.98. The lowest BCUT2D eigenvalue weighted by Crippen LogP contribution is -2.14. The fourth-order valence-corrected chi connectivity index (χ4v) is 2.19. The molecule has 1 N–H and O–H groups in total. The van der Waals surface area contributed by atoms with Crippen LogP contribution in [0.5, 0.6) is 5.75 Å². The summed E-state index contributed by atoms with van der Waals surface area (Å²) in [5.41, 5.74) is 2.44. The van der Waals surface area contributed by atoms with Crippen LogP contribution in [-0.4, -0.2) is 25.6 Å². The fourth-order valence-electron chi connectivity index (χ4n) is 2.19. The van der Waals surface area contributed by atoms with Crippen molar-refractivity contribution in [2.24, 2.45) is 0 Å². The number of benzene rings is 2. The SMILES string of the molecule is COc1ccc(/C(=C(\C#N)C(O)OC)c2ccccc2)cc1. The number of ether oxygens (including phenoxy) is 2. The van der Waals surface area contributed by atoms with Crippen LogP contribution in [-0.2, 0) is 4.74 Å². The van der Waals surface area contributed by atoms with Crippen LogP contribution < -0.4 is 4.74 Å². The Morgan fingerprint density at radius 1 is 1.00 bits per heavy atom. The van der Waals surface area contributed by atoms with Gasteiger partial charge in [0.15, 0.2) is 6.29 Å². The Morgan fingerprint density at radius 2 is 1.59 bits per heavy atom. The quantitative estimate of drug-likeness (QED) is 0.680. The lowest BCUT2D eigenvalue weighted by atomic mass is 9.93. The molecule has 0 fully saturated rings. The number of methoxy groups -OCH3 is 2. The number of hydrogen-bond donors (Lipinski definition) is 1. The normalized spacial score (nSPS) is 13.0. The molecule has 2 aromatic rings. The molecule has 22 heavy (non-hydrogen) atoms. The van der Waals surface area contributed by atoms with Gasteiger partial charge in [-0.15, -0.1) is 0 Å². The van der Waals surface area contributed by atoms with E-state index >= 15 is 0 Å². The van der Waals surface area contributed by atoms with Crippen molar-refractivity contribution in [3.63, 3.8) is 0 Å². The highest BCUT2D eigenvalue weighted by molar-refractivity contribution is 5.84. The largest absolute Gasteiger partial charge is 0.497 e. The zero-order valence-corrected chi connectivity index (χ0v) is 12.5. The van der Waals surface area contributed by atoms with E-state index in [1.165, 1.54) is 7.11 Å². The number of hydrogen-bond acceptors (Lipinski definition) is 4. The molecule has 0 heterocycles. The minimum Gasteiger partial charge on any atom is -0.497 e. The van der Waals surface area contributed by atoms with Gasteiger partial charge in [-0.1, -0.05) is 42.5 Å². The Balaban J connectivity index is 2.64. The highest BCUT2D eigenvalue weighted by Gasteiger charge is 2.18. The smallest absolute Gasteiger partial charge is 0.191 e. The summed E-state index contributed by atoms with van der Waals surface area (Å²) in [6, 6.07) is 18.8. The van der Waals surface area contributed by atoms with Crippen LogP contribution in [0.25, 0.3) is 5.57 Å². The molecule has 0 bridgehead atoms. The van der Waals surface area contributed by atoms with Crippen LogP contribution in [0.1, 0.15) is 11.1 Å². The monoisotopic (exact) mass is 295 g/mol. The average Bonchev–Trinajstić information content (AvgIpc) is 2.60. The summed E-state index contributed by atoms with van der Waals surface area (Å²) < 4.78 is 10.1. The minimum absolute atomic E-state index is 0.166. The predicted octanol–water partition coefficient (Wildman–Crippen LogP) is 2.99. The van der Waals surface area contributed by atoms with Crippen molar-refractivity contribution >= 4 is 5.57 Å². The summed E-state index contributed by atoms with van der Waals surface area (Å²) in [7, 11) is 2.96. The molecule has 2 aromatic carbocycles. The van der Waals surface area contributed by atoms with E-state index < -0.39 is 6.29 Å². The second kappa shape index (κ2) is 7.41. The first kappa shape index (κ1) is 15.8. The van der Waals surface area contributed by atoms with Crippen molar-refractivity contribution in [2.45, 2.75) is 6.29 Å². The summed E-state index contributed by atoms with van der Waals surface area (Å²) in [5.74, 6) is 0.724. The second-order valence-corrected chi connectivity index (χ2v) is 4.58. The summed E-state index contributed by atoms with van der Waals surface area (Å²) in [5, 5.41) is 19.4. The molecule has 0 amide bonds. The van der Waals surface area contributed by atoms with Gasteiger partial charge in [0, 0.05) is 12.7 Å². The van der Waals surface area contributed by atoms with E-state index in [-0.39, 0.29) is 5.57 Å². The number of nitrogens with zero attached hydrogens (tertiary/aromatic N) is 1. The number of aliphatic hydroxyl groups excluding tert-OH is 1. The van der Waals surface area contributed by atoms with Gasteiger partial charge < -0.3 is 14.6 Å². The standard InChI is InChI=1S/C18H17NO3/c1-21-15-10-8-14(9-11-15)17(13-6-4-3-5-7-13)16(12-19)18(20)22-2/h3-11,18,20H,1-2H3/b17-16+. The molecule has 4 heteroatoms. The van der Waals surface area contributed by atoms with Crippen LogP contribution in [0.2, 0.25) is 0 Å². The molecule has 0 radical (unpaired) electrons. The van der Waals surface area contributed by atoms with Gasteiger partial charge in [0.25, 0.3) is 0 Å². The third-order valence-corrected chi connectivity index (χ3v) is 3.30. The van der Waals surface area contributed by atoms with Gasteiger partial charge in [0.05, 0.1) is 12.7 Å². The van der Waals surface area contributed by atoms with Crippen molar-refractivity contribution in [3.8, 4) is 11.8 Å². The van der Waals surface area contributed by atoms with Crippen LogP contribution in [0.4, 0.5) is 0 Å². The number of aliphatic hydroxyl groups is 1. The van der Waals surface area contributed by atoms with Crippen molar-refractivity contribution in [2.75, 3.05) is 14.2 Å². The summed E-state index contributed by atoms with van der Waals surface area (Å²) >= 11 is 0. The van der Waals surface area contributed by atoms with Gasteiger partial charge in [-0.05, 0) is 23.3 Å². The highest BCUT2D eigenvalue weighted by Crippen LogP contribution is 2.29. The number of rotatable bonds is 5. The first-order valence-electron chi connectivity index (χ1n) is 6.76. The molecule has 0 aliphatic rings. The molecule has 0 aromatic heterocycles. The van der Waals surface area contributed by atoms with E-state index in [0.717, 1.165) is 16.9 Å². The minimum atomic E-state index is -1.28. The molecule has 2 rings (SSSR count). The lowest BCUT2D eigenvalue weighted by molar-refractivity contribution is -0.0409. The molecule has 1 unspecified atom stereocenters. The maximum Gasteiger partial charge on any atom is 0.191 e. The van der Waals surface area contributed by atoms with Crippen LogP contribution in [0.3, 0.4) is 0 Å². The molecule has 0 saturated carbocycles. The molecular formula is C18H17NO3. The Hall–Kier alpha value is -2.61. The molecule has 112 valence electrons. The Morgan fingerprint density at radius 3 is 2.09 bits per heavy atom. The van der Waals surface area contributed by atoms with Crippen molar-refractivity contribution in [1.82, 2.24) is 0 Å². The molecular weight excluding hydrogens is 278 g/mol. The topological polar surface area (TPSA) is 62.5 Å². The first-order chi connectivity index (χ1) is 10.7. The van der Waals surface area contributed by atoms with Gasteiger partial charge in [-0.2, -0.15) is 5.26 Å². The average molecular weight is 295 g/mol. The van der Waals surface area contributed by atoms with Crippen molar-refractivity contribution in [1.29, 1.82) is 5.26 Å². The summed E-state index contributed by atoms with van der Waals surface area (Å²) in [4.78, 5) is 0. The highest BCUT2D eigenvalue weighted by atomic mass is 16.6. The van der Waals surface area contributed by atoms with Crippen LogP contribution in [0, 0.1) is 11.3 Å². The van der Waals surface area contributed by atoms with Crippen LogP contribution >= 0.6 is 0 Å². The van der Waals surface area contributed by atoms with E-state index in [9.17, 15) is 10.4 Å². The third-order valence-electron chi connectivity index (χ3n) is 3.30. The molecule has 0 saturated heterocycles. The second-order valence-electron chi connectivity index (χ2n) is 4.58. The third kappa shape index (κ3) is 3.34. The molecule has 4 nitrogen and oxygen atoms in total. The van der Waals surface area contributed by atoms with Crippen molar-refractivity contribution in [3.05, 3.63) is 71.3 Å². The maximum absolute atomic E-state index is 9.98. The van der Waals surface area contributed by atoms with E-state index in [1.54, 1.807) is 7.11 Å². The Bertz CT molecular complexity index is 685. The van der Waals surface area contributed by atoms with Crippen molar-refractivity contribution < 1.29 is 14.6 Å². The molecule has 1 atom stereocenters. The first-order valence-corrected chi connectivity index (χ1v) is 6.76. The zero-order chi connectivity index (χ0) is 15.9. The van der Waals surface area contributed by atoms with E-state index in [4.69, 9.17) is 9.47 Å². The molecule has 0 spiro atoms. The lowest BCUT2D eigenvalue weighted by Gasteiger charge is -2.15. The Labute approximate surface area is 129 Å². The van der Waals surface area contributed by atoms with Gasteiger partial charge in [0.1, 0.15) is 11.8 Å². The summed E-state index contributed by atoms with van der Waals surface area (Å²) in [6.45, 7) is 0. The van der Waals surface area contributed by atoms with E-state index in [0.29, 0.717) is 5.57 Å².